The van der Waals surface area contributed by atoms with Gasteiger partial charge in [0.2, 0.25) is 11.8 Å². The van der Waals surface area contributed by atoms with Gasteiger partial charge in [-0.3, -0.25) is 9.59 Å². The van der Waals surface area contributed by atoms with Crippen molar-refractivity contribution in [3.63, 3.8) is 0 Å². The summed E-state index contributed by atoms with van der Waals surface area (Å²) >= 11 is 0. The molecule has 1 heterocycles. The highest BCUT2D eigenvalue weighted by atomic mass is 16.2. The smallest absolute Gasteiger partial charge is 0.242 e. The Morgan fingerprint density at radius 1 is 1.81 bits per heavy atom. The lowest BCUT2D eigenvalue weighted by Crippen LogP contribution is -2.59. The van der Waals surface area contributed by atoms with Crippen molar-refractivity contribution in [3.05, 3.63) is 0 Å². The van der Waals surface area contributed by atoms with E-state index in [1.807, 2.05) is 6.92 Å². The van der Waals surface area contributed by atoms with Crippen molar-refractivity contribution in [2.24, 2.45) is 5.73 Å². The van der Waals surface area contributed by atoms with Crippen molar-refractivity contribution >= 4 is 11.8 Å². The maximum absolute atomic E-state index is 11.9. The van der Waals surface area contributed by atoms with E-state index in [-0.39, 0.29) is 18.2 Å². The van der Waals surface area contributed by atoms with E-state index in [2.05, 4.69) is 11.2 Å². The Labute approximate surface area is 95.4 Å². The number of nitrogens with one attached hydrogen (secondary N) is 1. The molecule has 2 atom stereocenters. The van der Waals surface area contributed by atoms with Crippen LogP contribution in [0.5, 0.6) is 0 Å². The van der Waals surface area contributed by atoms with E-state index in [0.717, 1.165) is 0 Å². The largest absolute Gasteiger partial charge is 0.353 e. The van der Waals surface area contributed by atoms with E-state index in [0.29, 0.717) is 19.5 Å². The number of rotatable bonds is 3. The zero-order chi connectivity index (χ0) is 12.1. The van der Waals surface area contributed by atoms with Gasteiger partial charge >= 0.3 is 0 Å². The Hall–Kier alpha value is -1.54. The van der Waals surface area contributed by atoms with E-state index in [9.17, 15) is 9.59 Å². The molecule has 1 fully saturated rings. The third-order valence-electron chi connectivity index (χ3n) is 2.66. The van der Waals surface area contributed by atoms with Crippen LogP contribution in [0.1, 0.15) is 19.8 Å². The minimum absolute atomic E-state index is 0.116. The van der Waals surface area contributed by atoms with Gasteiger partial charge in [-0.2, -0.15) is 0 Å². The van der Waals surface area contributed by atoms with Crippen LogP contribution in [0.2, 0.25) is 0 Å². The highest BCUT2D eigenvalue weighted by Gasteiger charge is 2.33. The predicted octanol–water partition coefficient (Wildman–Crippen LogP) is -0.926. The second kappa shape index (κ2) is 5.52. The highest BCUT2D eigenvalue weighted by molar-refractivity contribution is 5.90. The SMILES string of the molecule is C#CCC(N)C(=O)N1CCNC(=O)C1CC. The molecule has 2 unspecified atom stereocenters. The van der Waals surface area contributed by atoms with Crippen LogP contribution < -0.4 is 11.1 Å². The second-order valence-electron chi connectivity index (χ2n) is 3.76. The molecule has 0 radical (unpaired) electrons. The average molecular weight is 223 g/mol. The number of hydrogen-bond acceptors (Lipinski definition) is 3. The van der Waals surface area contributed by atoms with E-state index in [1.165, 1.54) is 4.90 Å². The summed E-state index contributed by atoms with van der Waals surface area (Å²) in [5.74, 6) is 2.01. The molecule has 3 N–H and O–H groups in total. The minimum atomic E-state index is -0.704. The zero-order valence-corrected chi connectivity index (χ0v) is 9.40. The number of piperazine rings is 1. The Kier molecular flexibility index (Phi) is 4.32. The van der Waals surface area contributed by atoms with Crippen molar-refractivity contribution in [3.8, 4) is 12.3 Å². The number of nitrogens with two attached hydrogens (primary N) is 1. The summed E-state index contributed by atoms with van der Waals surface area (Å²) in [6.07, 6.45) is 5.90. The molecule has 0 bridgehead atoms. The highest BCUT2D eigenvalue weighted by Crippen LogP contribution is 2.10. The molecule has 1 aliphatic rings. The first-order chi connectivity index (χ1) is 7.61. The van der Waals surface area contributed by atoms with Gasteiger partial charge in [0.25, 0.3) is 0 Å². The number of nitrogens with zero attached hydrogens (tertiary/aromatic N) is 1. The standard InChI is InChI=1S/C11H17N3O2/c1-3-5-8(12)11(16)14-7-6-13-10(15)9(14)4-2/h1,8-9H,4-7,12H2,2H3,(H,13,15). The normalized spacial score (nSPS) is 22.2. The van der Waals surface area contributed by atoms with E-state index < -0.39 is 12.1 Å². The number of terminal acetylenes is 1. The first-order valence-corrected chi connectivity index (χ1v) is 5.39. The van der Waals surface area contributed by atoms with Crippen LogP contribution in [-0.2, 0) is 9.59 Å². The van der Waals surface area contributed by atoms with Gasteiger partial charge in [-0.05, 0) is 6.42 Å². The molecule has 2 amide bonds. The van der Waals surface area contributed by atoms with Gasteiger partial charge in [-0.15, -0.1) is 12.3 Å². The van der Waals surface area contributed by atoms with Crippen LogP contribution in [0.4, 0.5) is 0 Å². The van der Waals surface area contributed by atoms with Crippen LogP contribution in [0.25, 0.3) is 0 Å². The van der Waals surface area contributed by atoms with Gasteiger partial charge in [-0.25, -0.2) is 0 Å². The lowest BCUT2D eigenvalue weighted by Gasteiger charge is -2.35. The second-order valence-corrected chi connectivity index (χ2v) is 3.76. The average Bonchev–Trinajstić information content (AvgIpc) is 2.28. The molecule has 0 spiro atoms. The summed E-state index contributed by atoms with van der Waals surface area (Å²) in [6, 6.07) is -1.12. The van der Waals surface area contributed by atoms with Gasteiger partial charge in [0.05, 0.1) is 6.04 Å². The molecule has 0 aromatic heterocycles. The molecule has 16 heavy (non-hydrogen) atoms. The molecule has 5 heteroatoms. The summed E-state index contributed by atoms with van der Waals surface area (Å²) in [5.41, 5.74) is 5.66. The molecule has 1 aliphatic heterocycles. The van der Waals surface area contributed by atoms with E-state index in [1.54, 1.807) is 0 Å². The van der Waals surface area contributed by atoms with E-state index >= 15 is 0 Å². The summed E-state index contributed by atoms with van der Waals surface area (Å²) in [6.45, 7) is 2.84. The number of hydrogen-bond donors (Lipinski definition) is 2. The fraction of sp³-hybridized carbons (Fsp3) is 0.636. The summed E-state index contributed by atoms with van der Waals surface area (Å²) < 4.78 is 0. The summed E-state index contributed by atoms with van der Waals surface area (Å²) in [4.78, 5) is 25.0. The fourth-order valence-electron chi connectivity index (χ4n) is 1.81. The maximum atomic E-state index is 11.9. The molecular formula is C11H17N3O2. The van der Waals surface area contributed by atoms with Crippen molar-refractivity contribution in [2.45, 2.75) is 31.8 Å². The molecule has 0 aromatic carbocycles. The van der Waals surface area contributed by atoms with Crippen LogP contribution >= 0.6 is 0 Å². The van der Waals surface area contributed by atoms with E-state index in [4.69, 9.17) is 12.2 Å². The Morgan fingerprint density at radius 3 is 3.06 bits per heavy atom. The minimum Gasteiger partial charge on any atom is -0.353 e. The first-order valence-electron chi connectivity index (χ1n) is 5.39. The van der Waals surface area contributed by atoms with Gasteiger partial charge in [-0.1, -0.05) is 6.92 Å². The van der Waals surface area contributed by atoms with Gasteiger partial charge in [0.15, 0.2) is 0 Å². The van der Waals surface area contributed by atoms with Crippen LogP contribution in [-0.4, -0.2) is 41.9 Å². The molecule has 0 aromatic rings. The van der Waals surface area contributed by atoms with Gasteiger partial charge in [0.1, 0.15) is 6.04 Å². The topological polar surface area (TPSA) is 75.4 Å². The van der Waals surface area contributed by atoms with Crippen molar-refractivity contribution in [1.29, 1.82) is 0 Å². The van der Waals surface area contributed by atoms with Crippen LogP contribution in [0.3, 0.4) is 0 Å². The molecule has 1 saturated heterocycles. The van der Waals surface area contributed by atoms with Crippen molar-refractivity contribution in [2.75, 3.05) is 13.1 Å². The molecule has 0 aliphatic carbocycles. The van der Waals surface area contributed by atoms with Gasteiger partial charge < -0.3 is 16.0 Å². The molecule has 1 rings (SSSR count). The van der Waals surface area contributed by atoms with Gasteiger partial charge in [0, 0.05) is 19.5 Å². The number of carbonyl (C=O) groups is 2. The predicted molar refractivity (Wildman–Crippen MR) is 60.2 cm³/mol. The summed E-state index contributed by atoms with van der Waals surface area (Å²) in [5, 5.41) is 2.72. The molecular weight excluding hydrogens is 206 g/mol. The lowest BCUT2D eigenvalue weighted by atomic mass is 10.1. The van der Waals surface area contributed by atoms with Crippen LogP contribution in [0, 0.1) is 12.3 Å². The maximum Gasteiger partial charge on any atom is 0.242 e. The Balaban J connectivity index is 2.73. The van der Waals surface area contributed by atoms with Crippen molar-refractivity contribution < 1.29 is 9.59 Å². The monoisotopic (exact) mass is 223 g/mol. The number of amides is 2. The summed E-state index contributed by atoms with van der Waals surface area (Å²) in [7, 11) is 0. The quantitative estimate of drug-likeness (QED) is 0.607. The Morgan fingerprint density at radius 2 is 2.50 bits per heavy atom. The third kappa shape index (κ3) is 2.52. The fourth-order valence-corrected chi connectivity index (χ4v) is 1.81. The molecule has 5 nitrogen and oxygen atoms in total. The first kappa shape index (κ1) is 12.5. The lowest BCUT2D eigenvalue weighted by molar-refractivity contribution is -0.144. The third-order valence-corrected chi connectivity index (χ3v) is 2.66. The zero-order valence-electron chi connectivity index (χ0n) is 9.40. The van der Waals surface area contributed by atoms with Crippen molar-refractivity contribution in [1.82, 2.24) is 10.2 Å². The Bertz CT molecular complexity index is 322. The van der Waals surface area contributed by atoms with Crippen LogP contribution in [0.15, 0.2) is 0 Å². The molecule has 88 valence electrons. The number of carbonyl (C=O) groups excluding carboxylic acids is 2. The molecule has 0 saturated carbocycles.